The first-order chi connectivity index (χ1) is 16.1. The van der Waals surface area contributed by atoms with Gasteiger partial charge in [0.15, 0.2) is 0 Å². The fourth-order valence-corrected chi connectivity index (χ4v) is 5.26. The van der Waals surface area contributed by atoms with Crippen molar-refractivity contribution < 1.29 is 13.5 Å². The van der Waals surface area contributed by atoms with Crippen LogP contribution < -0.4 is 4.74 Å². The van der Waals surface area contributed by atoms with Crippen molar-refractivity contribution in [2.24, 2.45) is 5.92 Å². The molecule has 0 atom stereocenters. The highest BCUT2D eigenvalue weighted by Crippen LogP contribution is 2.38. The minimum atomic E-state index is -2.77. The number of benzene rings is 2. The smallest absolute Gasteiger partial charge is 0.387 e. The van der Waals surface area contributed by atoms with Crippen molar-refractivity contribution in [1.82, 2.24) is 0 Å². The van der Waals surface area contributed by atoms with Gasteiger partial charge in [-0.3, -0.25) is 0 Å². The Hall–Kier alpha value is -1.90. The first-order valence-corrected chi connectivity index (χ1v) is 13.3. The maximum atomic E-state index is 12.3. The van der Waals surface area contributed by atoms with Gasteiger partial charge in [-0.1, -0.05) is 94.7 Å². The minimum Gasteiger partial charge on any atom is -0.435 e. The molecule has 3 rings (SSSR count). The molecule has 182 valence electrons. The fourth-order valence-electron chi connectivity index (χ4n) is 5.26. The standard InChI is InChI=1S/C30H42F2O/c1-2-3-4-5-6-7-8-9-24-12-18-27(19-13-24)28-20-14-25(15-21-28)10-11-26-16-22-29(23-17-26)33-30(31)32/h14-17,20-24,27,30H,2-13,18-19H2,1H3. The van der Waals surface area contributed by atoms with Crippen molar-refractivity contribution in [2.45, 2.75) is 109 Å². The summed E-state index contributed by atoms with van der Waals surface area (Å²) in [5.41, 5.74) is 3.97. The molecular weight excluding hydrogens is 414 g/mol. The summed E-state index contributed by atoms with van der Waals surface area (Å²) in [6, 6.07) is 16.2. The average Bonchev–Trinajstić information content (AvgIpc) is 2.83. The molecule has 0 radical (unpaired) electrons. The molecule has 0 aromatic heterocycles. The number of halogens is 2. The zero-order valence-electron chi connectivity index (χ0n) is 20.4. The van der Waals surface area contributed by atoms with Gasteiger partial charge < -0.3 is 4.74 Å². The Kier molecular flexibility index (Phi) is 11.2. The second-order valence-electron chi connectivity index (χ2n) is 9.89. The van der Waals surface area contributed by atoms with E-state index in [1.165, 1.54) is 88.2 Å². The van der Waals surface area contributed by atoms with Crippen molar-refractivity contribution in [1.29, 1.82) is 0 Å². The zero-order chi connectivity index (χ0) is 23.3. The van der Waals surface area contributed by atoms with Gasteiger partial charge in [-0.15, -0.1) is 0 Å². The lowest BCUT2D eigenvalue weighted by Gasteiger charge is -2.29. The number of unbranched alkanes of at least 4 members (excludes halogenated alkanes) is 6. The number of hydrogen-bond acceptors (Lipinski definition) is 1. The largest absolute Gasteiger partial charge is 0.435 e. The Labute approximate surface area is 199 Å². The summed E-state index contributed by atoms with van der Waals surface area (Å²) >= 11 is 0. The zero-order valence-corrected chi connectivity index (χ0v) is 20.4. The van der Waals surface area contributed by atoms with E-state index in [1.807, 2.05) is 12.1 Å². The van der Waals surface area contributed by atoms with Crippen LogP contribution in [0.25, 0.3) is 0 Å². The predicted molar refractivity (Wildman–Crippen MR) is 134 cm³/mol. The molecule has 1 aliphatic carbocycles. The summed E-state index contributed by atoms with van der Waals surface area (Å²) in [6.45, 7) is -0.485. The molecule has 2 aromatic rings. The van der Waals surface area contributed by atoms with E-state index in [9.17, 15) is 8.78 Å². The van der Waals surface area contributed by atoms with Crippen molar-refractivity contribution in [3.05, 3.63) is 65.2 Å². The van der Waals surface area contributed by atoms with Crippen molar-refractivity contribution in [3.63, 3.8) is 0 Å². The van der Waals surface area contributed by atoms with Gasteiger partial charge in [-0.05, 0) is 79.2 Å². The number of ether oxygens (including phenoxy) is 1. The Bertz CT molecular complexity index is 761. The number of aryl methyl sites for hydroxylation is 2. The monoisotopic (exact) mass is 456 g/mol. The SMILES string of the molecule is CCCCCCCCCC1CCC(c2ccc(CCc3ccc(OC(F)F)cc3)cc2)CC1. The third kappa shape index (κ3) is 9.47. The Morgan fingerprint density at radius 2 is 1.27 bits per heavy atom. The molecule has 0 amide bonds. The van der Waals surface area contributed by atoms with Gasteiger partial charge in [0.2, 0.25) is 0 Å². The molecule has 0 heterocycles. The third-order valence-electron chi connectivity index (χ3n) is 7.36. The molecule has 33 heavy (non-hydrogen) atoms. The Morgan fingerprint density at radius 1 is 0.727 bits per heavy atom. The van der Waals surface area contributed by atoms with Crippen LogP contribution in [-0.4, -0.2) is 6.61 Å². The van der Waals surface area contributed by atoms with Crippen LogP contribution in [0, 0.1) is 5.92 Å². The first-order valence-electron chi connectivity index (χ1n) is 13.3. The van der Waals surface area contributed by atoms with Crippen LogP contribution in [0.4, 0.5) is 8.78 Å². The summed E-state index contributed by atoms with van der Waals surface area (Å²) < 4.78 is 28.9. The number of alkyl halides is 2. The molecule has 1 fully saturated rings. The van der Waals surface area contributed by atoms with E-state index in [-0.39, 0.29) is 5.75 Å². The van der Waals surface area contributed by atoms with Crippen molar-refractivity contribution in [3.8, 4) is 5.75 Å². The normalized spacial score (nSPS) is 18.5. The van der Waals surface area contributed by atoms with Gasteiger partial charge in [0, 0.05) is 0 Å². The van der Waals surface area contributed by atoms with E-state index in [2.05, 4.69) is 35.9 Å². The topological polar surface area (TPSA) is 9.23 Å². The lowest BCUT2D eigenvalue weighted by molar-refractivity contribution is -0.0498. The number of hydrogen-bond donors (Lipinski definition) is 0. The van der Waals surface area contributed by atoms with Gasteiger partial charge in [-0.25, -0.2) is 0 Å². The van der Waals surface area contributed by atoms with Crippen LogP contribution in [0.3, 0.4) is 0 Å². The Balaban J connectivity index is 1.33. The summed E-state index contributed by atoms with van der Waals surface area (Å²) in [5.74, 6) is 1.90. The highest BCUT2D eigenvalue weighted by molar-refractivity contribution is 5.30. The van der Waals surface area contributed by atoms with E-state index in [0.717, 1.165) is 30.2 Å². The molecule has 0 spiro atoms. The Morgan fingerprint density at radius 3 is 1.85 bits per heavy atom. The quantitative estimate of drug-likeness (QED) is 0.257. The van der Waals surface area contributed by atoms with Gasteiger partial charge in [0.25, 0.3) is 0 Å². The minimum absolute atomic E-state index is 0.218. The molecule has 1 saturated carbocycles. The van der Waals surface area contributed by atoms with E-state index < -0.39 is 6.61 Å². The van der Waals surface area contributed by atoms with Crippen LogP contribution in [0.1, 0.15) is 107 Å². The lowest BCUT2D eigenvalue weighted by atomic mass is 9.77. The molecule has 3 heteroatoms. The molecule has 0 saturated heterocycles. The second-order valence-corrected chi connectivity index (χ2v) is 9.89. The van der Waals surface area contributed by atoms with E-state index in [1.54, 1.807) is 12.1 Å². The third-order valence-corrected chi connectivity index (χ3v) is 7.36. The second kappa shape index (κ2) is 14.4. The highest BCUT2D eigenvalue weighted by atomic mass is 19.3. The van der Waals surface area contributed by atoms with Gasteiger partial charge >= 0.3 is 6.61 Å². The molecular formula is C30H42F2O. The van der Waals surface area contributed by atoms with Crippen LogP contribution in [0.2, 0.25) is 0 Å². The summed E-state index contributed by atoms with van der Waals surface area (Å²) in [4.78, 5) is 0. The van der Waals surface area contributed by atoms with Crippen molar-refractivity contribution in [2.75, 3.05) is 0 Å². The molecule has 0 bridgehead atoms. The van der Waals surface area contributed by atoms with Gasteiger partial charge in [0.05, 0.1) is 0 Å². The van der Waals surface area contributed by atoms with Gasteiger partial charge in [-0.2, -0.15) is 8.78 Å². The molecule has 0 aliphatic heterocycles. The van der Waals surface area contributed by atoms with Crippen LogP contribution in [0.5, 0.6) is 5.75 Å². The lowest BCUT2D eigenvalue weighted by Crippen LogP contribution is -2.13. The molecule has 2 aromatic carbocycles. The van der Waals surface area contributed by atoms with Crippen LogP contribution >= 0.6 is 0 Å². The van der Waals surface area contributed by atoms with Crippen LogP contribution in [-0.2, 0) is 12.8 Å². The first kappa shape index (κ1) is 25.7. The molecule has 0 N–H and O–H groups in total. The summed E-state index contributed by atoms with van der Waals surface area (Å²) in [5, 5.41) is 0. The van der Waals surface area contributed by atoms with E-state index >= 15 is 0 Å². The fraction of sp³-hybridized carbons (Fsp3) is 0.600. The van der Waals surface area contributed by atoms with Crippen molar-refractivity contribution >= 4 is 0 Å². The van der Waals surface area contributed by atoms with Crippen LogP contribution in [0.15, 0.2) is 48.5 Å². The maximum absolute atomic E-state index is 12.3. The van der Waals surface area contributed by atoms with E-state index in [4.69, 9.17) is 0 Å². The highest BCUT2D eigenvalue weighted by Gasteiger charge is 2.22. The van der Waals surface area contributed by atoms with E-state index in [0.29, 0.717) is 0 Å². The number of rotatable bonds is 14. The van der Waals surface area contributed by atoms with Gasteiger partial charge in [0.1, 0.15) is 5.75 Å². The molecule has 1 aliphatic rings. The molecule has 1 nitrogen and oxygen atoms in total. The summed E-state index contributed by atoms with van der Waals surface area (Å²) in [6.07, 6.45) is 18.7. The summed E-state index contributed by atoms with van der Waals surface area (Å²) in [7, 11) is 0. The molecule has 0 unspecified atom stereocenters. The average molecular weight is 457 g/mol. The maximum Gasteiger partial charge on any atom is 0.387 e. The predicted octanol–water partition coefficient (Wildman–Crippen LogP) is 9.49.